The summed E-state index contributed by atoms with van der Waals surface area (Å²) in [5.74, 6) is 0.774. The zero-order chi connectivity index (χ0) is 24.9. The summed E-state index contributed by atoms with van der Waals surface area (Å²) in [7, 11) is 0. The molecule has 0 spiro atoms. The second-order valence-corrected chi connectivity index (χ2v) is 9.30. The van der Waals surface area contributed by atoms with E-state index in [1.807, 2.05) is 67.6 Å². The van der Waals surface area contributed by atoms with Crippen molar-refractivity contribution in [3.05, 3.63) is 96.0 Å². The van der Waals surface area contributed by atoms with Gasteiger partial charge in [-0.1, -0.05) is 54.1 Å². The van der Waals surface area contributed by atoms with E-state index in [1.54, 1.807) is 6.26 Å². The summed E-state index contributed by atoms with van der Waals surface area (Å²) < 4.78 is 5.64. The second kappa shape index (κ2) is 10.6. The van der Waals surface area contributed by atoms with E-state index in [9.17, 15) is 9.59 Å². The van der Waals surface area contributed by atoms with Crippen molar-refractivity contribution >= 4 is 28.9 Å². The van der Waals surface area contributed by atoms with Crippen LogP contribution in [0.1, 0.15) is 48.6 Å². The van der Waals surface area contributed by atoms with Gasteiger partial charge in [-0.2, -0.15) is 5.10 Å². The van der Waals surface area contributed by atoms with Crippen LogP contribution in [0.3, 0.4) is 0 Å². The maximum atomic E-state index is 13.3. The number of carbonyl (C=O) groups excluding carboxylic acids is 2. The van der Waals surface area contributed by atoms with Crippen LogP contribution in [0.25, 0.3) is 0 Å². The molecule has 7 heteroatoms. The molecule has 184 valence electrons. The molecule has 0 saturated heterocycles. The fourth-order valence-corrected chi connectivity index (χ4v) is 4.67. The second-order valence-electron chi connectivity index (χ2n) is 9.30. The van der Waals surface area contributed by atoms with Gasteiger partial charge in [-0.15, -0.1) is 0 Å². The lowest BCUT2D eigenvalue weighted by atomic mass is 10.0. The van der Waals surface area contributed by atoms with Gasteiger partial charge in [-0.3, -0.25) is 9.59 Å². The number of hydrogen-bond donors (Lipinski definition) is 2. The predicted molar refractivity (Wildman–Crippen MR) is 141 cm³/mol. The van der Waals surface area contributed by atoms with E-state index in [4.69, 9.17) is 9.52 Å². The molecule has 2 unspecified atom stereocenters. The Bertz CT molecular complexity index is 1280. The standard InChI is InChI=1S/C29H30N4O3/c1-20-12-14-22(15-13-20)25-18-26(27-11-6-16-36-27)33(32-25)29(35)19-30-23-9-4-5-10-24(23)31-28(34)17-21-7-2-3-8-21/h2,4-7,9-16,21,26,30H,3,8,17-19H2,1H3,(H,31,34). The first-order valence-corrected chi connectivity index (χ1v) is 12.4. The van der Waals surface area contributed by atoms with Crippen molar-refractivity contribution in [1.82, 2.24) is 5.01 Å². The zero-order valence-corrected chi connectivity index (χ0v) is 20.3. The summed E-state index contributed by atoms with van der Waals surface area (Å²) in [4.78, 5) is 25.9. The number of allylic oxidation sites excluding steroid dienone is 2. The van der Waals surface area contributed by atoms with Crippen molar-refractivity contribution in [1.29, 1.82) is 0 Å². The maximum absolute atomic E-state index is 13.3. The quantitative estimate of drug-likeness (QED) is 0.405. The summed E-state index contributed by atoms with van der Waals surface area (Å²) in [6, 6.07) is 19.0. The number of aryl methyl sites for hydroxylation is 1. The number of anilines is 2. The molecule has 1 aliphatic heterocycles. The first kappa shape index (κ1) is 23.6. The van der Waals surface area contributed by atoms with Gasteiger partial charge in [0.1, 0.15) is 11.8 Å². The van der Waals surface area contributed by atoms with Crippen LogP contribution in [-0.4, -0.2) is 29.1 Å². The Hall–Kier alpha value is -4.13. The van der Waals surface area contributed by atoms with Gasteiger partial charge in [0.25, 0.3) is 5.91 Å². The first-order valence-electron chi connectivity index (χ1n) is 12.4. The normalized spacial score (nSPS) is 18.8. The maximum Gasteiger partial charge on any atom is 0.262 e. The van der Waals surface area contributed by atoms with Crippen LogP contribution in [0.4, 0.5) is 11.4 Å². The highest BCUT2D eigenvalue weighted by Gasteiger charge is 2.34. The molecule has 2 amide bonds. The van der Waals surface area contributed by atoms with E-state index in [0.29, 0.717) is 35.9 Å². The van der Waals surface area contributed by atoms with E-state index < -0.39 is 0 Å². The van der Waals surface area contributed by atoms with Crippen molar-refractivity contribution in [3.8, 4) is 0 Å². The van der Waals surface area contributed by atoms with Gasteiger partial charge in [-0.05, 0) is 55.5 Å². The minimum absolute atomic E-state index is 0.0279. The molecule has 1 aromatic heterocycles. The molecular weight excluding hydrogens is 452 g/mol. The fraction of sp³-hybridized carbons (Fsp3) is 0.276. The number of furan rings is 1. The highest BCUT2D eigenvalue weighted by Crippen LogP contribution is 2.33. The predicted octanol–water partition coefficient (Wildman–Crippen LogP) is 5.67. The van der Waals surface area contributed by atoms with Gasteiger partial charge >= 0.3 is 0 Å². The topological polar surface area (TPSA) is 86.9 Å². The van der Waals surface area contributed by atoms with Crippen LogP contribution in [0.15, 0.2) is 88.6 Å². The smallest absolute Gasteiger partial charge is 0.262 e. The Labute approximate surface area is 210 Å². The summed E-state index contributed by atoms with van der Waals surface area (Å²) in [6.45, 7) is 2.07. The molecule has 2 aliphatic rings. The number of nitrogens with zero attached hydrogens (tertiary/aromatic N) is 2. The molecule has 0 fully saturated rings. The highest BCUT2D eigenvalue weighted by molar-refractivity contribution is 6.03. The Morgan fingerprint density at radius 3 is 2.58 bits per heavy atom. The molecule has 2 heterocycles. The Morgan fingerprint density at radius 2 is 1.86 bits per heavy atom. The molecule has 2 atom stereocenters. The van der Waals surface area contributed by atoms with Gasteiger partial charge < -0.3 is 15.1 Å². The minimum atomic E-state index is -0.306. The summed E-state index contributed by atoms with van der Waals surface area (Å²) in [5, 5.41) is 12.4. The lowest BCUT2D eigenvalue weighted by Crippen LogP contribution is -2.32. The van der Waals surface area contributed by atoms with Crippen LogP contribution in [0.5, 0.6) is 0 Å². The van der Waals surface area contributed by atoms with Crippen LogP contribution in [0, 0.1) is 12.8 Å². The number of benzene rings is 2. The number of hydrazone groups is 1. The minimum Gasteiger partial charge on any atom is -0.467 e. The molecule has 36 heavy (non-hydrogen) atoms. The number of carbonyl (C=O) groups is 2. The number of amides is 2. The average Bonchev–Trinajstić information content (AvgIpc) is 3.65. The Balaban J connectivity index is 1.28. The molecule has 5 rings (SSSR count). The Morgan fingerprint density at radius 1 is 1.06 bits per heavy atom. The molecule has 0 bridgehead atoms. The van der Waals surface area contributed by atoms with Crippen molar-refractivity contribution in [2.24, 2.45) is 11.0 Å². The molecule has 3 aromatic rings. The van der Waals surface area contributed by atoms with Crippen molar-refractivity contribution in [2.75, 3.05) is 17.2 Å². The van der Waals surface area contributed by atoms with E-state index in [1.165, 1.54) is 10.6 Å². The highest BCUT2D eigenvalue weighted by atomic mass is 16.3. The van der Waals surface area contributed by atoms with E-state index in [2.05, 4.69) is 22.8 Å². The molecule has 7 nitrogen and oxygen atoms in total. The van der Waals surface area contributed by atoms with Gasteiger partial charge in [0.15, 0.2) is 0 Å². The van der Waals surface area contributed by atoms with Crippen LogP contribution in [-0.2, 0) is 9.59 Å². The average molecular weight is 483 g/mol. The van der Waals surface area contributed by atoms with Crippen molar-refractivity contribution < 1.29 is 14.0 Å². The van der Waals surface area contributed by atoms with E-state index >= 15 is 0 Å². The summed E-state index contributed by atoms with van der Waals surface area (Å²) >= 11 is 0. The summed E-state index contributed by atoms with van der Waals surface area (Å²) in [5.41, 5.74) is 4.36. The third-order valence-corrected chi connectivity index (χ3v) is 6.61. The van der Waals surface area contributed by atoms with Crippen LogP contribution >= 0.6 is 0 Å². The van der Waals surface area contributed by atoms with Gasteiger partial charge in [0, 0.05) is 12.8 Å². The number of hydrogen-bond acceptors (Lipinski definition) is 5. The SMILES string of the molecule is Cc1ccc(C2=NN(C(=O)CNc3ccccc3NC(=O)CC3C=CCC3)C(c3ccco3)C2)cc1. The summed E-state index contributed by atoms with van der Waals surface area (Å²) in [6.07, 6.45) is 8.92. The van der Waals surface area contributed by atoms with E-state index in [0.717, 1.165) is 24.1 Å². The lowest BCUT2D eigenvalue weighted by Gasteiger charge is -2.21. The van der Waals surface area contributed by atoms with Crippen LogP contribution in [0.2, 0.25) is 0 Å². The zero-order valence-electron chi connectivity index (χ0n) is 20.3. The number of para-hydroxylation sites is 2. The monoisotopic (exact) mass is 482 g/mol. The molecule has 0 saturated carbocycles. The fourth-order valence-electron chi connectivity index (χ4n) is 4.67. The molecular formula is C29H30N4O3. The molecule has 2 aromatic carbocycles. The van der Waals surface area contributed by atoms with Gasteiger partial charge in [0.05, 0.1) is 29.9 Å². The van der Waals surface area contributed by atoms with Gasteiger partial charge in [-0.25, -0.2) is 5.01 Å². The van der Waals surface area contributed by atoms with Crippen molar-refractivity contribution in [3.63, 3.8) is 0 Å². The lowest BCUT2D eigenvalue weighted by molar-refractivity contribution is -0.131. The Kier molecular flexibility index (Phi) is 6.98. The molecule has 0 radical (unpaired) electrons. The molecule has 1 aliphatic carbocycles. The molecule has 2 N–H and O–H groups in total. The largest absolute Gasteiger partial charge is 0.467 e. The number of rotatable bonds is 8. The van der Waals surface area contributed by atoms with Crippen LogP contribution < -0.4 is 10.6 Å². The third kappa shape index (κ3) is 5.40. The van der Waals surface area contributed by atoms with Gasteiger partial charge in [0.2, 0.25) is 5.91 Å². The third-order valence-electron chi connectivity index (χ3n) is 6.61. The van der Waals surface area contributed by atoms with E-state index in [-0.39, 0.29) is 24.4 Å². The van der Waals surface area contributed by atoms with Crippen molar-refractivity contribution in [2.45, 2.75) is 38.6 Å². The first-order chi connectivity index (χ1) is 17.6. The number of nitrogens with one attached hydrogen (secondary N) is 2.